The SMILES string of the molecule is Cc1ccc(-n2nnnc2SCC(=O)NN2C(=O)NC3(CCCCC3)C2=O)c(C)c1. The molecule has 2 aliphatic rings. The first-order chi connectivity index (χ1) is 14.4. The average Bonchev–Trinajstić information content (AvgIpc) is 3.26. The molecule has 1 spiro atoms. The molecule has 11 heteroatoms. The molecule has 1 aliphatic heterocycles. The Bertz CT molecular complexity index is 1000. The van der Waals surface area contributed by atoms with E-state index in [-0.39, 0.29) is 11.7 Å². The van der Waals surface area contributed by atoms with Crippen molar-refractivity contribution in [1.29, 1.82) is 0 Å². The van der Waals surface area contributed by atoms with Crippen LogP contribution < -0.4 is 10.7 Å². The fourth-order valence-corrected chi connectivity index (χ4v) is 4.64. The molecule has 2 aromatic rings. The van der Waals surface area contributed by atoms with Gasteiger partial charge in [-0.25, -0.2) is 4.79 Å². The van der Waals surface area contributed by atoms with Crippen LogP contribution in [0.25, 0.3) is 5.69 Å². The maximum absolute atomic E-state index is 12.7. The molecule has 158 valence electrons. The van der Waals surface area contributed by atoms with Crippen LogP contribution in [0.4, 0.5) is 4.79 Å². The molecule has 2 heterocycles. The Morgan fingerprint density at radius 3 is 2.73 bits per heavy atom. The molecule has 1 aliphatic carbocycles. The summed E-state index contributed by atoms with van der Waals surface area (Å²) in [4.78, 5) is 37.4. The Balaban J connectivity index is 1.40. The van der Waals surface area contributed by atoms with Crippen LogP contribution >= 0.6 is 11.8 Å². The van der Waals surface area contributed by atoms with Crippen LogP contribution in [0.3, 0.4) is 0 Å². The topological polar surface area (TPSA) is 122 Å². The van der Waals surface area contributed by atoms with Gasteiger partial charge in [-0.1, -0.05) is 48.7 Å². The summed E-state index contributed by atoms with van der Waals surface area (Å²) < 4.78 is 1.57. The highest BCUT2D eigenvalue weighted by Gasteiger charge is 2.52. The number of hydrogen-bond acceptors (Lipinski definition) is 7. The van der Waals surface area contributed by atoms with Gasteiger partial charge >= 0.3 is 6.03 Å². The van der Waals surface area contributed by atoms with Crippen LogP contribution in [-0.4, -0.2) is 54.4 Å². The van der Waals surface area contributed by atoms with Gasteiger partial charge in [0.2, 0.25) is 11.1 Å². The third-order valence-corrected chi connectivity index (χ3v) is 6.38. The Morgan fingerprint density at radius 1 is 1.23 bits per heavy atom. The van der Waals surface area contributed by atoms with Gasteiger partial charge < -0.3 is 5.32 Å². The van der Waals surface area contributed by atoms with Crippen molar-refractivity contribution in [2.75, 3.05) is 5.75 Å². The molecule has 4 rings (SSSR count). The summed E-state index contributed by atoms with van der Waals surface area (Å²) in [6.07, 6.45) is 4.01. The van der Waals surface area contributed by atoms with Gasteiger partial charge in [-0.15, -0.1) is 5.10 Å². The summed E-state index contributed by atoms with van der Waals surface area (Å²) in [5.74, 6) is -0.910. The molecule has 1 aromatic carbocycles. The van der Waals surface area contributed by atoms with E-state index in [1.165, 1.54) is 0 Å². The zero-order chi connectivity index (χ0) is 21.3. The minimum absolute atomic E-state index is 0.0463. The first kappa shape index (κ1) is 20.3. The molecule has 4 amide bonds. The number of aryl methyl sites for hydroxylation is 2. The van der Waals surface area contributed by atoms with Gasteiger partial charge in [0.05, 0.1) is 11.4 Å². The lowest BCUT2D eigenvalue weighted by Gasteiger charge is -2.30. The third kappa shape index (κ3) is 3.76. The highest BCUT2D eigenvalue weighted by molar-refractivity contribution is 7.99. The van der Waals surface area contributed by atoms with Gasteiger partial charge in [-0.3, -0.25) is 15.0 Å². The quantitative estimate of drug-likeness (QED) is 0.547. The number of nitrogens with one attached hydrogen (secondary N) is 2. The zero-order valence-electron chi connectivity index (χ0n) is 16.8. The van der Waals surface area contributed by atoms with Gasteiger partial charge in [-0.05, 0) is 48.7 Å². The number of carbonyl (C=O) groups is 3. The van der Waals surface area contributed by atoms with E-state index >= 15 is 0 Å². The van der Waals surface area contributed by atoms with Gasteiger partial charge in [0.1, 0.15) is 5.54 Å². The van der Waals surface area contributed by atoms with Crippen molar-refractivity contribution in [3.63, 3.8) is 0 Å². The molecule has 1 saturated carbocycles. The number of nitrogens with zero attached hydrogens (tertiary/aromatic N) is 5. The molecule has 0 bridgehead atoms. The van der Waals surface area contributed by atoms with Crippen LogP contribution in [0.2, 0.25) is 0 Å². The van der Waals surface area contributed by atoms with E-state index < -0.39 is 17.5 Å². The van der Waals surface area contributed by atoms with E-state index in [2.05, 4.69) is 26.3 Å². The number of thioether (sulfide) groups is 1. The van der Waals surface area contributed by atoms with Crippen LogP contribution in [0.15, 0.2) is 23.4 Å². The number of urea groups is 1. The van der Waals surface area contributed by atoms with Crippen LogP contribution in [-0.2, 0) is 9.59 Å². The highest BCUT2D eigenvalue weighted by Crippen LogP contribution is 2.33. The Morgan fingerprint density at radius 2 is 2.00 bits per heavy atom. The standard InChI is InChI=1S/C19H23N7O3S/c1-12-6-7-14(13(2)10-12)25-18(21-23-24-25)30-11-15(27)22-26-16(28)19(20-17(26)29)8-4-3-5-9-19/h6-7,10H,3-5,8-9,11H2,1-2H3,(H,20,29)(H,22,27). The lowest BCUT2D eigenvalue weighted by atomic mass is 9.82. The lowest BCUT2D eigenvalue weighted by molar-refractivity contribution is -0.139. The summed E-state index contributed by atoms with van der Waals surface area (Å²) >= 11 is 1.13. The van der Waals surface area contributed by atoms with Crippen molar-refractivity contribution in [3.05, 3.63) is 29.3 Å². The van der Waals surface area contributed by atoms with E-state index in [0.717, 1.165) is 52.8 Å². The maximum atomic E-state index is 12.7. The zero-order valence-corrected chi connectivity index (χ0v) is 17.7. The predicted octanol–water partition coefficient (Wildman–Crippen LogP) is 1.66. The highest BCUT2D eigenvalue weighted by atomic mass is 32.2. The normalized spacial score (nSPS) is 18.0. The second kappa shape index (κ2) is 8.05. The maximum Gasteiger partial charge on any atom is 0.344 e. The molecule has 1 saturated heterocycles. The van der Waals surface area contributed by atoms with Crippen LogP contribution in [0.1, 0.15) is 43.2 Å². The second-order valence-electron chi connectivity index (χ2n) is 7.70. The van der Waals surface area contributed by atoms with Gasteiger partial charge in [-0.2, -0.15) is 9.69 Å². The lowest BCUT2D eigenvalue weighted by Crippen LogP contribution is -2.51. The summed E-state index contributed by atoms with van der Waals surface area (Å²) in [6.45, 7) is 3.97. The molecular weight excluding hydrogens is 406 g/mol. The van der Waals surface area contributed by atoms with Crippen LogP contribution in [0, 0.1) is 13.8 Å². The first-order valence-corrected chi connectivity index (χ1v) is 10.8. The average molecular weight is 430 g/mol. The number of amides is 4. The molecule has 10 nitrogen and oxygen atoms in total. The minimum atomic E-state index is -0.872. The molecule has 30 heavy (non-hydrogen) atoms. The number of hydrogen-bond donors (Lipinski definition) is 2. The number of hydrazine groups is 1. The number of tetrazole rings is 1. The molecular formula is C19H23N7O3S. The van der Waals surface area contributed by atoms with Gasteiger partial charge in [0.15, 0.2) is 0 Å². The largest absolute Gasteiger partial charge is 0.344 e. The fraction of sp³-hybridized carbons (Fsp3) is 0.474. The summed E-state index contributed by atoms with van der Waals surface area (Å²) in [7, 11) is 0. The summed E-state index contributed by atoms with van der Waals surface area (Å²) in [5.41, 5.74) is 4.51. The fourth-order valence-electron chi connectivity index (χ4n) is 3.97. The number of rotatable bonds is 5. The molecule has 0 atom stereocenters. The number of aromatic nitrogens is 4. The van der Waals surface area contributed by atoms with E-state index in [0.29, 0.717) is 18.0 Å². The molecule has 0 radical (unpaired) electrons. The van der Waals surface area contributed by atoms with E-state index in [1.54, 1.807) is 4.68 Å². The van der Waals surface area contributed by atoms with Gasteiger partial charge in [0, 0.05) is 0 Å². The van der Waals surface area contributed by atoms with Crippen molar-refractivity contribution < 1.29 is 14.4 Å². The summed E-state index contributed by atoms with van der Waals surface area (Å²) in [6, 6.07) is 5.32. The third-order valence-electron chi connectivity index (χ3n) is 5.46. The number of benzene rings is 1. The molecule has 1 aromatic heterocycles. The van der Waals surface area contributed by atoms with Crippen molar-refractivity contribution in [3.8, 4) is 5.69 Å². The second-order valence-corrected chi connectivity index (χ2v) is 8.64. The number of carbonyl (C=O) groups excluding carboxylic acids is 3. The van der Waals surface area contributed by atoms with Crippen molar-refractivity contribution in [2.24, 2.45) is 0 Å². The molecule has 2 N–H and O–H groups in total. The van der Waals surface area contributed by atoms with E-state index in [9.17, 15) is 14.4 Å². The van der Waals surface area contributed by atoms with Gasteiger partial charge in [0.25, 0.3) is 5.91 Å². The smallest absolute Gasteiger partial charge is 0.322 e. The summed E-state index contributed by atoms with van der Waals surface area (Å²) in [5, 5.41) is 15.7. The van der Waals surface area contributed by atoms with Crippen molar-refractivity contribution >= 4 is 29.6 Å². The Labute approximate surface area is 177 Å². The predicted molar refractivity (Wildman–Crippen MR) is 109 cm³/mol. The minimum Gasteiger partial charge on any atom is -0.322 e. The van der Waals surface area contributed by atoms with E-state index in [4.69, 9.17) is 0 Å². The molecule has 0 unspecified atom stereocenters. The molecule has 2 fully saturated rings. The first-order valence-electron chi connectivity index (χ1n) is 9.85. The van der Waals surface area contributed by atoms with E-state index in [1.807, 2.05) is 32.0 Å². The Kier molecular flexibility index (Phi) is 5.46. The monoisotopic (exact) mass is 429 g/mol. The van der Waals surface area contributed by atoms with Crippen molar-refractivity contribution in [2.45, 2.75) is 56.6 Å². The number of imide groups is 1. The Hall–Kier alpha value is -2.95. The van der Waals surface area contributed by atoms with Crippen molar-refractivity contribution in [1.82, 2.24) is 36.0 Å². The van der Waals surface area contributed by atoms with Crippen LogP contribution in [0.5, 0.6) is 0 Å².